The van der Waals surface area contributed by atoms with E-state index in [1.807, 2.05) is 46.9 Å². The fourth-order valence-corrected chi connectivity index (χ4v) is 2.93. The largest absolute Gasteiger partial charge is 0.335 e. The van der Waals surface area contributed by atoms with Gasteiger partial charge in [-0.3, -0.25) is 9.59 Å². The Kier molecular flexibility index (Phi) is 3.01. The highest BCUT2D eigenvalue weighted by molar-refractivity contribution is 14.1. The Hall–Kier alpha value is -0.910. The van der Waals surface area contributed by atoms with Crippen molar-refractivity contribution in [2.75, 3.05) is 0 Å². The summed E-state index contributed by atoms with van der Waals surface area (Å²) in [4.78, 5) is 23.4. The van der Waals surface area contributed by atoms with Crippen molar-refractivity contribution in [2.24, 2.45) is 0 Å². The average molecular weight is 329 g/mol. The number of carbonyl (C=O) groups excluding carboxylic acids is 2. The summed E-state index contributed by atoms with van der Waals surface area (Å²) < 4.78 is -0.766. The fraction of sp³-hybridized carbons (Fsp3) is 0.333. The first kappa shape index (κ1) is 11.6. The zero-order valence-corrected chi connectivity index (χ0v) is 11.1. The van der Waals surface area contributed by atoms with E-state index < -0.39 is 3.55 Å². The number of Topliss-reactive ketones (excluding diaryl/α,β-unsaturated/α-hetero) is 1. The summed E-state index contributed by atoms with van der Waals surface area (Å²) in [6.45, 7) is 1.44. The van der Waals surface area contributed by atoms with E-state index in [1.165, 1.54) is 6.92 Å². The molecule has 4 heteroatoms. The summed E-state index contributed by atoms with van der Waals surface area (Å²) in [7, 11) is 0. The van der Waals surface area contributed by atoms with E-state index in [0.717, 1.165) is 17.5 Å². The molecule has 1 unspecified atom stereocenters. The van der Waals surface area contributed by atoms with Gasteiger partial charge >= 0.3 is 0 Å². The Morgan fingerprint density at radius 2 is 2.12 bits per heavy atom. The third-order valence-electron chi connectivity index (χ3n) is 2.73. The molecule has 0 bridgehead atoms. The number of halogens is 1. The van der Waals surface area contributed by atoms with E-state index in [0.29, 0.717) is 6.42 Å². The number of amides is 1. The normalized spacial score (nSPS) is 23.8. The van der Waals surface area contributed by atoms with Gasteiger partial charge in [0.05, 0.1) is 0 Å². The van der Waals surface area contributed by atoms with E-state index in [-0.39, 0.29) is 11.7 Å². The van der Waals surface area contributed by atoms with Crippen molar-refractivity contribution in [3.63, 3.8) is 0 Å². The summed E-state index contributed by atoms with van der Waals surface area (Å²) in [5, 5.41) is 2.75. The van der Waals surface area contributed by atoms with Crippen LogP contribution in [0.5, 0.6) is 0 Å². The van der Waals surface area contributed by atoms with Gasteiger partial charge in [0.1, 0.15) is 0 Å². The molecule has 2 rings (SSSR count). The standard InChI is InChI=1S/C12H12INO2/c1-8(15)14-12(13)7-6-9-4-2-3-5-10(9)11(12)16/h2-5H,6-7H2,1H3,(H,14,15). The van der Waals surface area contributed by atoms with Crippen LogP contribution in [0.4, 0.5) is 0 Å². The molecule has 1 amide bonds. The van der Waals surface area contributed by atoms with E-state index in [2.05, 4.69) is 5.32 Å². The molecule has 3 nitrogen and oxygen atoms in total. The topological polar surface area (TPSA) is 46.2 Å². The van der Waals surface area contributed by atoms with Gasteiger partial charge in [-0.05, 0) is 41.0 Å². The second-order valence-electron chi connectivity index (χ2n) is 3.97. The summed E-state index contributed by atoms with van der Waals surface area (Å²) >= 11 is 2.05. The first-order chi connectivity index (χ1) is 7.53. The van der Waals surface area contributed by atoms with Crippen molar-refractivity contribution in [1.82, 2.24) is 5.32 Å². The van der Waals surface area contributed by atoms with E-state index in [4.69, 9.17) is 0 Å². The molecule has 0 heterocycles. The highest BCUT2D eigenvalue weighted by Crippen LogP contribution is 2.33. The number of hydrogen-bond acceptors (Lipinski definition) is 2. The lowest BCUT2D eigenvalue weighted by molar-refractivity contribution is -0.119. The van der Waals surface area contributed by atoms with Crippen molar-refractivity contribution in [1.29, 1.82) is 0 Å². The predicted molar refractivity (Wildman–Crippen MR) is 69.7 cm³/mol. The predicted octanol–water partition coefficient (Wildman–Crippen LogP) is 2.08. The van der Waals surface area contributed by atoms with Gasteiger partial charge in [-0.1, -0.05) is 24.3 Å². The number of benzene rings is 1. The van der Waals surface area contributed by atoms with Gasteiger partial charge in [0.15, 0.2) is 9.33 Å². The average Bonchev–Trinajstić information content (AvgIpc) is 2.24. The number of carbonyl (C=O) groups is 2. The smallest absolute Gasteiger partial charge is 0.218 e. The van der Waals surface area contributed by atoms with Gasteiger partial charge < -0.3 is 5.32 Å². The molecule has 0 aromatic heterocycles. The summed E-state index contributed by atoms with van der Waals surface area (Å²) in [5.74, 6) is -0.160. The minimum atomic E-state index is -0.766. The Morgan fingerprint density at radius 1 is 1.44 bits per heavy atom. The SMILES string of the molecule is CC(=O)NC1(I)CCc2ccccc2C1=O. The Morgan fingerprint density at radius 3 is 2.81 bits per heavy atom. The molecule has 0 saturated carbocycles. The van der Waals surface area contributed by atoms with Crippen LogP contribution >= 0.6 is 22.6 Å². The minimum Gasteiger partial charge on any atom is -0.335 e. The molecule has 1 atom stereocenters. The van der Waals surface area contributed by atoms with Crippen molar-refractivity contribution < 1.29 is 9.59 Å². The molecular weight excluding hydrogens is 317 g/mol. The van der Waals surface area contributed by atoms with Crippen molar-refractivity contribution >= 4 is 34.3 Å². The van der Waals surface area contributed by atoms with Crippen LogP contribution in [-0.2, 0) is 11.2 Å². The number of fused-ring (bicyclic) bond motifs is 1. The first-order valence-corrected chi connectivity index (χ1v) is 6.21. The fourth-order valence-electron chi connectivity index (χ4n) is 1.99. The zero-order valence-electron chi connectivity index (χ0n) is 8.92. The lowest BCUT2D eigenvalue weighted by Crippen LogP contribution is -2.51. The molecule has 0 radical (unpaired) electrons. The van der Waals surface area contributed by atoms with E-state index in [1.54, 1.807) is 0 Å². The number of ketones is 1. The Labute approximate surface area is 108 Å². The summed E-state index contributed by atoms with van der Waals surface area (Å²) in [5.41, 5.74) is 1.81. The van der Waals surface area contributed by atoms with Crippen LogP contribution in [0.15, 0.2) is 24.3 Å². The number of rotatable bonds is 1. The highest BCUT2D eigenvalue weighted by Gasteiger charge is 2.40. The molecule has 0 aliphatic heterocycles. The minimum absolute atomic E-state index is 0.00477. The van der Waals surface area contributed by atoms with Crippen molar-refractivity contribution in [3.05, 3.63) is 35.4 Å². The molecule has 16 heavy (non-hydrogen) atoms. The van der Waals surface area contributed by atoms with Crippen LogP contribution in [0.1, 0.15) is 29.3 Å². The van der Waals surface area contributed by atoms with Gasteiger partial charge in [0.2, 0.25) is 5.91 Å². The number of nitrogens with one attached hydrogen (secondary N) is 1. The van der Waals surface area contributed by atoms with Gasteiger partial charge in [-0.2, -0.15) is 0 Å². The third-order valence-corrected chi connectivity index (χ3v) is 4.03. The van der Waals surface area contributed by atoms with Crippen LogP contribution < -0.4 is 5.32 Å². The first-order valence-electron chi connectivity index (χ1n) is 5.13. The van der Waals surface area contributed by atoms with E-state index in [9.17, 15) is 9.59 Å². The second kappa shape index (κ2) is 4.16. The van der Waals surface area contributed by atoms with Crippen LogP contribution in [0.3, 0.4) is 0 Å². The number of aryl methyl sites for hydroxylation is 1. The molecule has 0 spiro atoms. The van der Waals surface area contributed by atoms with Gasteiger partial charge in [-0.15, -0.1) is 0 Å². The van der Waals surface area contributed by atoms with Crippen LogP contribution in [0.2, 0.25) is 0 Å². The summed E-state index contributed by atoms with van der Waals surface area (Å²) in [6, 6.07) is 7.58. The Balaban J connectivity index is 2.37. The molecule has 0 fully saturated rings. The molecule has 1 N–H and O–H groups in total. The molecule has 1 aliphatic carbocycles. The molecule has 1 aromatic carbocycles. The van der Waals surface area contributed by atoms with Crippen LogP contribution in [0, 0.1) is 0 Å². The monoisotopic (exact) mass is 329 g/mol. The molecule has 1 aliphatic rings. The van der Waals surface area contributed by atoms with Gasteiger partial charge in [0.25, 0.3) is 0 Å². The number of hydrogen-bond donors (Lipinski definition) is 1. The lowest BCUT2D eigenvalue weighted by atomic mass is 9.87. The van der Waals surface area contributed by atoms with Crippen LogP contribution in [0.25, 0.3) is 0 Å². The van der Waals surface area contributed by atoms with Crippen molar-refractivity contribution in [3.8, 4) is 0 Å². The molecule has 84 valence electrons. The van der Waals surface area contributed by atoms with Crippen molar-refractivity contribution in [2.45, 2.75) is 23.3 Å². The zero-order chi connectivity index (χ0) is 11.8. The molecule has 1 aromatic rings. The molecular formula is C12H12INO2. The maximum absolute atomic E-state index is 12.3. The number of alkyl halides is 1. The lowest BCUT2D eigenvalue weighted by Gasteiger charge is -2.31. The highest BCUT2D eigenvalue weighted by atomic mass is 127. The van der Waals surface area contributed by atoms with Gasteiger partial charge in [0, 0.05) is 12.5 Å². The third kappa shape index (κ3) is 1.98. The van der Waals surface area contributed by atoms with E-state index >= 15 is 0 Å². The maximum atomic E-state index is 12.3. The maximum Gasteiger partial charge on any atom is 0.218 e. The quantitative estimate of drug-likeness (QED) is 0.487. The Bertz CT molecular complexity index is 458. The van der Waals surface area contributed by atoms with Gasteiger partial charge in [-0.25, -0.2) is 0 Å². The summed E-state index contributed by atoms with van der Waals surface area (Å²) in [6.07, 6.45) is 1.48. The molecule has 0 saturated heterocycles. The second-order valence-corrected chi connectivity index (χ2v) is 5.81. The van der Waals surface area contributed by atoms with Crippen LogP contribution in [-0.4, -0.2) is 15.2 Å².